The predicted molar refractivity (Wildman–Crippen MR) is 96.3 cm³/mol. The van der Waals surface area contributed by atoms with Gasteiger partial charge in [0.05, 0.1) is 0 Å². The second-order valence-corrected chi connectivity index (χ2v) is 6.25. The van der Waals surface area contributed by atoms with Gasteiger partial charge in [0, 0.05) is 21.1 Å². The number of esters is 1. The van der Waals surface area contributed by atoms with Gasteiger partial charge in [0.2, 0.25) is 5.76 Å². The number of carbonyl (C=O) groups excluding carboxylic acids is 2. The number of ether oxygens (including phenoxy) is 1. The van der Waals surface area contributed by atoms with Gasteiger partial charge in [0.1, 0.15) is 5.58 Å². The van der Waals surface area contributed by atoms with E-state index in [2.05, 4.69) is 5.32 Å². The van der Waals surface area contributed by atoms with Crippen LogP contribution in [0.15, 0.2) is 46.9 Å². The van der Waals surface area contributed by atoms with Crippen molar-refractivity contribution in [2.75, 3.05) is 11.9 Å². The first-order chi connectivity index (χ1) is 11.9. The molecule has 0 aliphatic rings. The first kappa shape index (κ1) is 17.3. The smallest absolute Gasteiger partial charge is 0.374 e. The van der Waals surface area contributed by atoms with E-state index in [1.165, 1.54) is 6.07 Å². The molecule has 1 N–H and O–H groups in total. The van der Waals surface area contributed by atoms with Gasteiger partial charge in [-0.2, -0.15) is 0 Å². The summed E-state index contributed by atoms with van der Waals surface area (Å²) in [6.07, 6.45) is 0. The lowest BCUT2D eigenvalue weighted by atomic mass is 10.2. The number of halogens is 2. The molecular weight excluding hydrogens is 365 g/mol. The molecule has 5 nitrogen and oxygen atoms in total. The standard InChI is InChI=1S/C18H13Cl2NO4/c1-10-6-12(19)2-4-14(10)21-17(22)9-24-18(23)16-8-11-7-13(20)3-5-15(11)25-16/h2-8H,9H2,1H3,(H,21,22). The van der Waals surface area contributed by atoms with Crippen LogP contribution in [0.1, 0.15) is 16.1 Å². The number of fused-ring (bicyclic) bond motifs is 1. The Kier molecular flexibility index (Phi) is 4.97. The zero-order chi connectivity index (χ0) is 18.0. The lowest BCUT2D eigenvalue weighted by Crippen LogP contribution is -2.21. The minimum atomic E-state index is -0.727. The molecule has 0 fully saturated rings. The average Bonchev–Trinajstić information content (AvgIpc) is 2.98. The van der Waals surface area contributed by atoms with Crippen molar-refractivity contribution >= 4 is 51.7 Å². The van der Waals surface area contributed by atoms with Crippen molar-refractivity contribution in [2.45, 2.75) is 6.92 Å². The molecule has 0 radical (unpaired) electrons. The summed E-state index contributed by atoms with van der Waals surface area (Å²) in [7, 11) is 0. The zero-order valence-corrected chi connectivity index (χ0v) is 14.6. The Morgan fingerprint density at radius 2 is 1.80 bits per heavy atom. The number of furan rings is 1. The molecule has 128 valence electrons. The fraction of sp³-hybridized carbons (Fsp3) is 0.111. The number of nitrogens with one attached hydrogen (secondary N) is 1. The van der Waals surface area contributed by atoms with Crippen LogP contribution in [0.5, 0.6) is 0 Å². The molecule has 0 atom stereocenters. The van der Waals surface area contributed by atoms with Gasteiger partial charge in [0.25, 0.3) is 5.91 Å². The first-order valence-electron chi connectivity index (χ1n) is 7.34. The molecule has 0 saturated carbocycles. The maximum atomic E-state index is 12.0. The fourth-order valence-corrected chi connectivity index (χ4v) is 2.68. The van der Waals surface area contributed by atoms with Crippen LogP contribution in [-0.2, 0) is 9.53 Å². The van der Waals surface area contributed by atoms with Gasteiger partial charge in [-0.25, -0.2) is 4.79 Å². The van der Waals surface area contributed by atoms with Crippen LogP contribution in [0, 0.1) is 6.92 Å². The third kappa shape index (κ3) is 4.13. The summed E-state index contributed by atoms with van der Waals surface area (Å²) in [5.41, 5.74) is 1.92. The number of aryl methyl sites for hydroxylation is 1. The lowest BCUT2D eigenvalue weighted by molar-refractivity contribution is -0.119. The van der Waals surface area contributed by atoms with E-state index in [-0.39, 0.29) is 5.76 Å². The minimum absolute atomic E-state index is 0.00717. The third-order valence-corrected chi connectivity index (χ3v) is 3.95. The summed E-state index contributed by atoms with van der Waals surface area (Å²) in [4.78, 5) is 24.0. The Hall–Kier alpha value is -2.50. The van der Waals surface area contributed by atoms with E-state index in [0.29, 0.717) is 26.7 Å². The van der Waals surface area contributed by atoms with Gasteiger partial charge in [-0.3, -0.25) is 4.79 Å². The predicted octanol–water partition coefficient (Wildman–Crippen LogP) is 4.84. The molecule has 0 aliphatic carbocycles. The number of benzene rings is 2. The van der Waals surface area contributed by atoms with E-state index < -0.39 is 18.5 Å². The van der Waals surface area contributed by atoms with Crippen LogP contribution < -0.4 is 5.32 Å². The van der Waals surface area contributed by atoms with Gasteiger partial charge in [-0.1, -0.05) is 23.2 Å². The maximum Gasteiger partial charge on any atom is 0.374 e. The van der Waals surface area contributed by atoms with E-state index in [9.17, 15) is 9.59 Å². The molecule has 25 heavy (non-hydrogen) atoms. The second kappa shape index (κ2) is 7.17. The molecule has 0 bridgehead atoms. The summed E-state index contributed by atoms with van der Waals surface area (Å²) in [6.45, 7) is 1.38. The van der Waals surface area contributed by atoms with Crippen LogP contribution >= 0.6 is 23.2 Å². The Labute approximate surface area is 153 Å². The molecule has 1 heterocycles. The molecule has 0 aliphatic heterocycles. The number of hydrogen-bond donors (Lipinski definition) is 1. The SMILES string of the molecule is Cc1cc(Cl)ccc1NC(=O)COC(=O)c1cc2cc(Cl)ccc2o1. The number of hydrogen-bond acceptors (Lipinski definition) is 4. The van der Waals surface area contributed by atoms with Gasteiger partial charge in [-0.05, 0) is 55.0 Å². The highest BCUT2D eigenvalue weighted by molar-refractivity contribution is 6.31. The van der Waals surface area contributed by atoms with Gasteiger partial charge < -0.3 is 14.5 Å². The van der Waals surface area contributed by atoms with Crippen molar-refractivity contribution in [2.24, 2.45) is 0 Å². The summed E-state index contributed by atoms with van der Waals surface area (Å²) in [5, 5.41) is 4.45. The lowest BCUT2D eigenvalue weighted by Gasteiger charge is -2.08. The minimum Gasteiger partial charge on any atom is -0.450 e. The molecule has 0 unspecified atom stereocenters. The van der Waals surface area contributed by atoms with Crippen LogP contribution in [-0.4, -0.2) is 18.5 Å². The monoisotopic (exact) mass is 377 g/mol. The van der Waals surface area contributed by atoms with Crippen LogP contribution in [0.25, 0.3) is 11.0 Å². The number of carbonyl (C=O) groups is 2. The number of rotatable bonds is 4. The summed E-state index contributed by atoms with van der Waals surface area (Å²) >= 11 is 11.8. The quantitative estimate of drug-likeness (QED) is 0.660. The van der Waals surface area contributed by atoms with Crippen molar-refractivity contribution in [1.29, 1.82) is 0 Å². The molecule has 0 saturated heterocycles. The molecule has 3 rings (SSSR count). The molecule has 0 spiro atoms. The normalized spacial score (nSPS) is 10.7. The molecule has 7 heteroatoms. The third-order valence-electron chi connectivity index (χ3n) is 3.48. The van der Waals surface area contributed by atoms with E-state index in [0.717, 1.165) is 5.56 Å². The number of anilines is 1. The van der Waals surface area contributed by atoms with Crippen molar-refractivity contribution < 1.29 is 18.7 Å². The van der Waals surface area contributed by atoms with E-state index in [1.54, 1.807) is 36.4 Å². The van der Waals surface area contributed by atoms with Crippen LogP contribution in [0.2, 0.25) is 10.0 Å². The molecule has 3 aromatic rings. The van der Waals surface area contributed by atoms with Crippen LogP contribution in [0.3, 0.4) is 0 Å². The summed E-state index contributed by atoms with van der Waals surface area (Å²) < 4.78 is 10.4. The van der Waals surface area contributed by atoms with Crippen molar-refractivity contribution in [3.63, 3.8) is 0 Å². The van der Waals surface area contributed by atoms with Crippen molar-refractivity contribution in [1.82, 2.24) is 0 Å². The summed E-state index contributed by atoms with van der Waals surface area (Å²) in [6, 6.07) is 11.6. The van der Waals surface area contributed by atoms with Crippen molar-refractivity contribution in [3.05, 3.63) is 63.8 Å². The van der Waals surface area contributed by atoms with E-state index in [1.807, 2.05) is 6.92 Å². The second-order valence-electron chi connectivity index (χ2n) is 5.38. The van der Waals surface area contributed by atoms with Gasteiger partial charge in [0.15, 0.2) is 6.61 Å². The topological polar surface area (TPSA) is 68.5 Å². The molecule has 1 amide bonds. The van der Waals surface area contributed by atoms with Crippen molar-refractivity contribution in [3.8, 4) is 0 Å². The first-order valence-corrected chi connectivity index (χ1v) is 8.10. The average molecular weight is 378 g/mol. The Balaban J connectivity index is 1.61. The highest BCUT2D eigenvalue weighted by atomic mass is 35.5. The van der Waals surface area contributed by atoms with Gasteiger partial charge >= 0.3 is 5.97 Å². The Bertz CT molecular complexity index is 965. The summed E-state index contributed by atoms with van der Waals surface area (Å²) in [5.74, 6) is -1.18. The van der Waals surface area contributed by atoms with E-state index >= 15 is 0 Å². The van der Waals surface area contributed by atoms with Crippen LogP contribution in [0.4, 0.5) is 5.69 Å². The fourth-order valence-electron chi connectivity index (χ4n) is 2.27. The largest absolute Gasteiger partial charge is 0.450 e. The van der Waals surface area contributed by atoms with Gasteiger partial charge in [-0.15, -0.1) is 0 Å². The molecule has 1 aromatic heterocycles. The van der Waals surface area contributed by atoms with E-state index in [4.69, 9.17) is 32.4 Å². The number of amides is 1. The zero-order valence-electron chi connectivity index (χ0n) is 13.1. The maximum absolute atomic E-state index is 12.0. The highest BCUT2D eigenvalue weighted by Gasteiger charge is 2.16. The molecular formula is C18H13Cl2NO4. The Morgan fingerprint density at radius 1 is 1.08 bits per heavy atom. The molecule has 2 aromatic carbocycles. The Morgan fingerprint density at radius 3 is 2.56 bits per heavy atom. The highest BCUT2D eigenvalue weighted by Crippen LogP contribution is 2.23.